The van der Waals surface area contributed by atoms with Crippen LogP contribution in [0.15, 0.2) is 40.8 Å². The second kappa shape index (κ2) is 11.2. The molecule has 2 N–H and O–H groups in total. The van der Waals surface area contributed by atoms with Crippen molar-refractivity contribution in [1.82, 2.24) is 15.6 Å². The Kier molecular flexibility index (Phi) is 9.70. The summed E-state index contributed by atoms with van der Waals surface area (Å²) in [6, 6.07) is 7.07. The molecule has 26 heavy (non-hydrogen) atoms. The van der Waals surface area contributed by atoms with Gasteiger partial charge < -0.3 is 15.4 Å². The van der Waals surface area contributed by atoms with Gasteiger partial charge in [-0.2, -0.15) is 13.2 Å². The molecule has 0 saturated heterocycles. The Morgan fingerprint density at radius 3 is 2.65 bits per heavy atom. The van der Waals surface area contributed by atoms with Crippen molar-refractivity contribution in [2.45, 2.75) is 26.2 Å². The van der Waals surface area contributed by atoms with E-state index in [1.165, 1.54) is 17.1 Å². The number of hydrogen-bond donors (Lipinski definition) is 2. The minimum atomic E-state index is -4.38. The predicted octanol–water partition coefficient (Wildman–Crippen LogP) is 3.96. The third-order valence-corrected chi connectivity index (χ3v) is 3.83. The fourth-order valence-corrected chi connectivity index (χ4v) is 2.49. The van der Waals surface area contributed by atoms with E-state index in [2.05, 4.69) is 25.3 Å². The fraction of sp³-hybridized carbons (Fsp3) is 0.375. The van der Waals surface area contributed by atoms with Crippen molar-refractivity contribution < 1.29 is 17.9 Å². The molecular formula is C16H20F3IN4OS. The number of aromatic nitrogens is 1. The van der Waals surface area contributed by atoms with Gasteiger partial charge in [0, 0.05) is 23.7 Å². The van der Waals surface area contributed by atoms with Crippen molar-refractivity contribution in [3.63, 3.8) is 0 Å². The van der Waals surface area contributed by atoms with Crippen molar-refractivity contribution >= 4 is 41.3 Å². The van der Waals surface area contributed by atoms with Gasteiger partial charge in [0.2, 0.25) is 5.88 Å². The third kappa shape index (κ3) is 8.70. The molecule has 2 rings (SSSR count). The van der Waals surface area contributed by atoms with Gasteiger partial charge in [-0.05, 0) is 23.9 Å². The standard InChI is InChI=1S/C16H19F3N4OS.HI/c1-2-20-15(23-10-13-4-3-7-25-13)22-9-12-5-6-14(21-8-12)24-11-16(17,18)19;/h3-8H,2,9-11H2,1H3,(H2,20,22,23);1H. The Morgan fingerprint density at radius 1 is 1.27 bits per heavy atom. The van der Waals surface area contributed by atoms with Crippen LogP contribution in [0.4, 0.5) is 13.2 Å². The Balaban J connectivity index is 0.00000338. The first-order valence-corrected chi connectivity index (χ1v) is 8.53. The van der Waals surface area contributed by atoms with Crippen molar-refractivity contribution in [3.8, 4) is 5.88 Å². The number of pyridine rings is 1. The number of rotatable bonds is 7. The van der Waals surface area contributed by atoms with Crippen LogP contribution < -0.4 is 15.4 Å². The molecule has 0 spiro atoms. The van der Waals surface area contributed by atoms with Gasteiger partial charge >= 0.3 is 6.18 Å². The zero-order valence-electron chi connectivity index (χ0n) is 14.0. The van der Waals surface area contributed by atoms with Crippen LogP contribution in [0.25, 0.3) is 0 Å². The smallest absolute Gasteiger partial charge is 0.422 e. The van der Waals surface area contributed by atoms with Gasteiger partial charge in [-0.3, -0.25) is 0 Å². The van der Waals surface area contributed by atoms with E-state index in [4.69, 9.17) is 0 Å². The summed E-state index contributed by atoms with van der Waals surface area (Å²) in [4.78, 5) is 9.49. The first kappa shape index (κ1) is 22.5. The van der Waals surface area contributed by atoms with E-state index in [1.54, 1.807) is 17.4 Å². The summed E-state index contributed by atoms with van der Waals surface area (Å²) >= 11 is 1.66. The lowest BCUT2D eigenvalue weighted by molar-refractivity contribution is -0.154. The fourth-order valence-electron chi connectivity index (χ4n) is 1.84. The number of hydrogen-bond acceptors (Lipinski definition) is 4. The van der Waals surface area contributed by atoms with Crippen LogP contribution in [0, 0.1) is 0 Å². The summed E-state index contributed by atoms with van der Waals surface area (Å²) in [6.07, 6.45) is -2.92. The van der Waals surface area contributed by atoms with Crippen LogP contribution in [-0.4, -0.2) is 30.3 Å². The Hall–Kier alpha value is -1.56. The number of aliphatic imine (C=N–C) groups is 1. The highest BCUT2D eigenvalue weighted by molar-refractivity contribution is 14.0. The molecule has 0 saturated carbocycles. The molecule has 5 nitrogen and oxygen atoms in total. The van der Waals surface area contributed by atoms with Gasteiger partial charge in [-0.25, -0.2) is 9.98 Å². The Labute approximate surface area is 171 Å². The van der Waals surface area contributed by atoms with Crippen LogP contribution in [0.2, 0.25) is 0 Å². The minimum absolute atomic E-state index is 0. The van der Waals surface area contributed by atoms with Gasteiger partial charge in [0.15, 0.2) is 12.6 Å². The molecule has 0 aliphatic carbocycles. The van der Waals surface area contributed by atoms with Gasteiger partial charge in [0.25, 0.3) is 0 Å². The molecule has 0 fully saturated rings. The van der Waals surface area contributed by atoms with Crippen molar-refractivity contribution in [2.75, 3.05) is 13.2 Å². The number of halogens is 4. The maximum Gasteiger partial charge on any atom is 0.422 e. The third-order valence-electron chi connectivity index (χ3n) is 2.96. The van der Waals surface area contributed by atoms with E-state index in [0.29, 0.717) is 19.0 Å². The molecule has 2 aromatic rings. The molecule has 0 bridgehead atoms. The molecular weight excluding hydrogens is 480 g/mol. The number of nitrogens with one attached hydrogen (secondary N) is 2. The number of ether oxygens (including phenoxy) is 1. The highest BCUT2D eigenvalue weighted by atomic mass is 127. The number of guanidine groups is 1. The molecule has 0 radical (unpaired) electrons. The van der Waals surface area contributed by atoms with Crippen LogP contribution in [0.5, 0.6) is 5.88 Å². The van der Waals surface area contributed by atoms with E-state index in [0.717, 1.165) is 12.1 Å². The highest BCUT2D eigenvalue weighted by Crippen LogP contribution is 2.17. The lowest BCUT2D eigenvalue weighted by Crippen LogP contribution is -2.36. The highest BCUT2D eigenvalue weighted by Gasteiger charge is 2.28. The van der Waals surface area contributed by atoms with E-state index in [9.17, 15) is 13.2 Å². The monoisotopic (exact) mass is 500 g/mol. The molecule has 0 aliphatic rings. The minimum Gasteiger partial charge on any atom is -0.468 e. The first-order chi connectivity index (χ1) is 12.0. The first-order valence-electron chi connectivity index (χ1n) is 7.65. The largest absolute Gasteiger partial charge is 0.468 e. The summed E-state index contributed by atoms with van der Waals surface area (Å²) in [5, 5.41) is 8.37. The topological polar surface area (TPSA) is 58.5 Å². The van der Waals surface area contributed by atoms with Crippen LogP contribution in [0.1, 0.15) is 17.4 Å². The van der Waals surface area contributed by atoms with Crippen LogP contribution >= 0.6 is 35.3 Å². The summed E-state index contributed by atoms with van der Waals surface area (Å²) in [5.41, 5.74) is 0.771. The zero-order chi connectivity index (χ0) is 18.1. The zero-order valence-corrected chi connectivity index (χ0v) is 17.2. The number of thiophene rings is 1. The molecule has 0 atom stereocenters. The molecule has 2 aromatic heterocycles. The van der Waals surface area contributed by atoms with E-state index >= 15 is 0 Å². The average molecular weight is 500 g/mol. The van der Waals surface area contributed by atoms with Crippen molar-refractivity contribution in [3.05, 3.63) is 46.3 Å². The molecule has 0 aliphatic heterocycles. The number of alkyl halides is 3. The van der Waals surface area contributed by atoms with Gasteiger partial charge in [0.1, 0.15) is 0 Å². The van der Waals surface area contributed by atoms with Crippen molar-refractivity contribution in [2.24, 2.45) is 4.99 Å². The normalized spacial score (nSPS) is 11.6. The Morgan fingerprint density at radius 2 is 2.08 bits per heavy atom. The Bertz CT molecular complexity index is 663. The quantitative estimate of drug-likeness (QED) is 0.344. The molecule has 2 heterocycles. The molecule has 144 valence electrons. The molecule has 0 aromatic carbocycles. The maximum absolute atomic E-state index is 12.1. The summed E-state index contributed by atoms with van der Waals surface area (Å²) in [6.45, 7) is 2.36. The molecule has 0 unspecified atom stereocenters. The second-order valence-electron chi connectivity index (χ2n) is 5.04. The molecule has 10 heteroatoms. The lowest BCUT2D eigenvalue weighted by atomic mass is 10.3. The summed E-state index contributed by atoms with van der Waals surface area (Å²) < 4.78 is 40.9. The van der Waals surface area contributed by atoms with E-state index < -0.39 is 12.8 Å². The summed E-state index contributed by atoms with van der Waals surface area (Å²) in [5.74, 6) is 0.598. The predicted molar refractivity (Wildman–Crippen MR) is 107 cm³/mol. The van der Waals surface area contributed by atoms with Crippen LogP contribution in [0.3, 0.4) is 0 Å². The van der Waals surface area contributed by atoms with Gasteiger partial charge in [-0.15, -0.1) is 35.3 Å². The summed E-state index contributed by atoms with van der Waals surface area (Å²) in [7, 11) is 0. The van der Waals surface area contributed by atoms with Gasteiger partial charge in [0.05, 0.1) is 13.1 Å². The van der Waals surface area contributed by atoms with E-state index in [1.807, 2.05) is 24.4 Å². The van der Waals surface area contributed by atoms with Crippen LogP contribution in [-0.2, 0) is 13.1 Å². The average Bonchev–Trinajstić information content (AvgIpc) is 3.09. The second-order valence-corrected chi connectivity index (χ2v) is 6.07. The lowest BCUT2D eigenvalue weighted by Gasteiger charge is -2.11. The number of nitrogens with zero attached hydrogens (tertiary/aromatic N) is 2. The van der Waals surface area contributed by atoms with Crippen molar-refractivity contribution in [1.29, 1.82) is 0 Å². The maximum atomic E-state index is 12.1. The van der Waals surface area contributed by atoms with E-state index in [-0.39, 0.29) is 29.9 Å². The molecule has 0 amide bonds. The SMILES string of the molecule is CCNC(=NCc1ccc(OCC(F)(F)F)nc1)NCc1cccs1.I. The van der Waals surface area contributed by atoms with Gasteiger partial charge in [-0.1, -0.05) is 12.1 Å².